The molecule has 1 rings (SSSR count). The summed E-state index contributed by atoms with van der Waals surface area (Å²) in [4.78, 5) is 23.4. The van der Waals surface area contributed by atoms with Crippen molar-refractivity contribution in [2.75, 3.05) is 13.1 Å². The van der Waals surface area contributed by atoms with Gasteiger partial charge in [0, 0.05) is 11.6 Å². The quantitative estimate of drug-likeness (QED) is 0.708. The summed E-state index contributed by atoms with van der Waals surface area (Å²) in [5, 5.41) is 8.79. The number of rotatable bonds is 3. The van der Waals surface area contributed by atoms with Crippen molar-refractivity contribution < 1.29 is 14.3 Å². The first-order valence-corrected chi connectivity index (χ1v) is 6.78. The lowest BCUT2D eigenvalue weighted by Gasteiger charge is -2.26. The van der Waals surface area contributed by atoms with Crippen LogP contribution in [0.1, 0.15) is 40.5 Å². The zero-order chi connectivity index (χ0) is 14.5. The second kappa shape index (κ2) is 6.75. The molecule has 0 aliphatic carbocycles. The summed E-state index contributed by atoms with van der Waals surface area (Å²) in [7, 11) is 0. The highest BCUT2D eigenvalue weighted by molar-refractivity contribution is 5.83. The number of ether oxygens (including phenoxy) is 1. The second-order valence-corrected chi connectivity index (χ2v) is 5.96. The van der Waals surface area contributed by atoms with E-state index in [0.29, 0.717) is 0 Å². The molecule has 1 aliphatic rings. The lowest BCUT2D eigenvalue weighted by Crippen LogP contribution is -2.48. The zero-order valence-corrected chi connectivity index (χ0v) is 12.2. The summed E-state index contributed by atoms with van der Waals surface area (Å²) >= 11 is 0. The van der Waals surface area contributed by atoms with E-state index in [1.807, 2.05) is 20.8 Å². The van der Waals surface area contributed by atoms with E-state index in [1.54, 1.807) is 6.92 Å². The normalized spacial score (nSPS) is 18.5. The number of carbonyl (C=O) groups excluding carboxylic acids is 2. The van der Waals surface area contributed by atoms with Crippen LogP contribution in [0.3, 0.4) is 0 Å². The molecule has 0 saturated carbocycles. The highest BCUT2D eigenvalue weighted by Gasteiger charge is 2.23. The minimum absolute atomic E-state index is 0.172. The van der Waals surface area contributed by atoms with E-state index in [0.717, 1.165) is 25.9 Å². The largest absolute Gasteiger partial charge is 0.436 e. The summed E-state index contributed by atoms with van der Waals surface area (Å²) in [6.45, 7) is 8.96. The van der Waals surface area contributed by atoms with Crippen molar-refractivity contribution >= 4 is 12.0 Å². The molecule has 1 aliphatic heterocycles. The summed E-state index contributed by atoms with van der Waals surface area (Å²) < 4.78 is 5.05. The number of carbonyl (C=O) groups is 2. The number of nitrogens with one attached hydrogen (secondary N) is 3. The maximum absolute atomic E-state index is 11.9. The molecule has 0 aromatic rings. The minimum atomic E-state index is -0.780. The average Bonchev–Trinajstić information content (AvgIpc) is 2.27. The Bertz CT molecular complexity index is 320. The van der Waals surface area contributed by atoms with Crippen molar-refractivity contribution in [2.45, 2.75) is 58.2 Å². The molecule has 0 radical (unpaired) electrons. The molecule has 0 spiro atoms. The van der Waals surface area contributed by atoms with Crippen LogP contribution in [-0.4, -0.2) is 42.8 Å². The molecular weight excluding hydrogens is 246 g/mol. The van der Waals surface area contributed by atoms with Gasteiger partial charge in [-0.25, -0.2) is 4.79 Å². The smallest absolute Gasteiger partial charge is 0.408 e. The predicted octanol–water partition coefficient (Wildman–Crippen LogP) is 0.768. The summed E-state index contributed by atoms with van der Waals surface area (Å²) in [6, 6.07) is 0.172. The first-order chi connectivity index (χ1) is 8.78. The molecule has 3 N–H and O–H groups in total. The van der Waals surface area contributed by atoms with Gasteiger partial charge < -0.3 is 20.7 Å². The summed E-state index contributed by atoms with van der Waals surface area (Å²) in [5.74, 6) is -0.240. The van der Waals surface area contributed by atoms with Gasteiger partial charge in [0.25, 0.3) is 5.91 Å². The van der Waals surface area contributed by atoms with Crippen molar-refractivity contribution in [1.29, 1.82) is 0 Å². The van der Waals surface area contributed by atoms with Gasteiger partial charge in [-0.1, -0.05) is 0 Å². The van der Waals surface area contributed by atoms with Gasteiger partial charge >= 0.3 is 6.09 Å². The first-order valence-electron chi connectivity index (χ1n) is 6.78. The van der Waals surface area contributed by atoms with Crippen LogP contribution in [0.15, 0.2) is 0 Å². The Balaban J connectivity index is 2.33. The maximum atomic E-state index is 11.9. The lowest BCUT2D eigenvalue weighted by atomic mass is 10.1. The van der Waals surface area contributed by atoms with Crippen molar-refractivity contribution in [3.05, 3.63) is 0 Å². The van der Waals surface area contributed by atoms with Gasteiger partial charge in [0.05, 0.1) is 0 Å². The van der Waals surface area contributed by atoms with Crippen LogP contribution in [0.5, 0.6) is 0 Å². The van der Waals surface area contributed by atoms with Gasteiger partial charge in [0.1, 0.15) is 0 Å². The molecule has 0 aromatic carbocycles. The summed E-state index contributed by atoms with van der Waals surface area (Å²) in [5.41, 5.74) is -0.373. The third-order valence-corrected chi connectivity index (χ3v) is 2.82. The molecule has 19 heavy (non-hydrogen) atoms. The van der Waals surface area contributed by atoms with Crippen LogP contribution in [0.2, 0.25) is 0 Å². The maximum Gasteiger partial charge on any atom is 0.408 e. The number of piperidine rings is 1. The van der Waals surface area contributed by atoms with Crippen molar-refractivity contribution in [2.24, 2.45) is 0 Å². The van der Waals surface area contributed by atoms with E-state index in [2.05, 4.69) is 16.0 Å². The van der Waals surface area contributed by atoms with Crippen LogP contribution in [0.4, 0.5) is 4.79 Å². The number of hydrogen-bond donors (Lipinski definition) is 3. The van der Waals surface area contributed by atoms with Crippen LogP contribution in [-0.2, 0) is 9.53 Å². The van der Waals surface area contributed by atoms with Crippen LogP contribution >= 0.6 is 0 Å². The topological polar surface area (TPSA) is 79.5 Å². The molecule has 6 heteroatoms. The van der Waals surface area contributed by atoms with E-state index in [9.17, 15) is 9.59 Å². The molecule has 1 heterocycles. The van der Waals surface area contributed by atoms with Gasteiger partial charge in [0.15, 0.2) is 6.10 Å². The van der Waals surface area contributed by atoms with E-state index < -0.39 is 12.2 Å². The number of hydrogen-bond acceptors (Lipinski definition) is 4. The Labute approximate surface area is 114 Å². The molecule has 110 valence electrons. The molecular formula is C13H25N3O3. The Kier molecular flexibility index (Phi) is 5.60. The predicted molar refractivity (Wildman–Crippen MR) is 72.9 cm³/mol. The Morgan fingerprint density at radius 1 is 1.26 bits per heavy atom. The van der Waals surface area contributed by atoms with E-state index in [-0.39, 0.29) is 17.5 Å². The second-order valence-electron chi connectivity index (χ2n) is 5.96. The average molecular weight is 271 g/mol. The van der Waals surface area contributed by atoms with Crippen molar-refractivity contribution in [3.63, 3.8) is 0 Å². The van der Waals surface area contributed by atoms with Crippen molar-refractivity contribution in [1.82, 2.24) is 16.0 Å². The molecule has 1 atom stereocenters. The fourth-order valence-electron chi connectivity index (χ4n) is 1.83. The van der Waals surface area contributed by atoms with Crippen molar-refractivity contribution in [3.8, 4) is 0 Å². The van der Waals surface area contributed by atoms with E-state index in [4.69, 9.17) is 4.74 Å². The van der Waals surface area contributed by atoms with Crippen LogP contribution in [0.25, 0.3) is 0 Å². The Hall–Kier alpha value is -1.30. The molecule has 1 saturated heterocycles. The highest BCUT2D eigenvalue weighted by Crippen LogP contribution is 2.04. The van der Waals surface area contributed by atoms with E-state index >= 15 is 0 Å². The van der Waals surface area contributed by atoms with E-state index in [1.165, 1.54) is 0 Å². The zero-order valence-electron chi connectivity index (χ0n) is 12.2. The van der Waals surface area contributed by atoms with Gasteiger partial charge in [-0.2, -0.15) is 0 Å². The molecule has 2 amide bonds. The molecule has 0 bridgehead atoms. The molecule has 0 aromatic heterocycles. The van der Waals surface area contributed by atoms with Crippen LogP contribution < -0.4 is 16.0 Å². The van der Waals surface area contributed by atoms with Crippen LogP contribution in [0, 0.1) is 0 Å². The van der Waals surface area contributed by atoms with Gasteiger partial charge in [0.2, 0.25) is 0 Å². The fourth-order valence-corrected chi connectivity index (χ4v) is 1.83. The summed E-state index contributed by atoms with van der Waals surface area (Å²) in [6.07, 6.45) is 0.469. The Morgan fingerprint density at radius 3 is 2.37 bits per heavy atom. The van der Waals surface area contributed by atoms with Gasteiger partial charge in [-0.15, -0.1) is 0 Å². The van der Waals surface area contributed by atoms with Gasteiger partial charge in [-0.3, -0.25) is 4.79 Å². The SMILES string of the molecule is CC(OC(=O)NC(C)(C)C)C(=O)NC1CCNCC1. The number of alkyl carbamates (subject to hydrolysis) is 1. The molecule has 1 unspecified atom stereocenters. The first kappa shape index (κ1) is 15.8. The Morgan fingerprint density at radius 2 is 1.84 bits per heavy atom. The minimum Gasteiger partial charge on any atom is -0.436 e. The fraction of sp³-hybridized carbons (Fsp3) is 0.846. The molecule has 1 fully saturated rings. The number of amides is 2. The third-order valence-electron chi connectivity index (χ3n) is 2.82. The lowest BCUT2D eigenvalue weighted by molar-refractivity contribution is -0.129. The molecule has 6 nitrogen and oxygen atoms in total. The third kappa shape index (κ3) is 6.42. The van der Waals surface area contributed by atoms with Gasteiger partial charge in [-0.05, 0) is 53.6 Å². The monoisotopic (exact) mass is 271 g/mol. The standard InChI is InChI=1S/C13H25N3O3/c1-9(19-12(18)16-13(2,3)4)11(17)15-10-5-7-14-8-6-10/h9-10,14H,5-8H2,1-4H3,(H,15,17)(H,16,18). The highest BCUT2D eigenvalue weighted by atomic mass is 16.6.